The molecule has 0 spiro atoms. The van der Waals surface area contributed by atoms with Crippen molar-refractivity contribution in [2.24, 2.45) is 0 Å². The first kappa shape index (κ1) is 16.8. The SMILES string of the molecule is C=CCOC(=O)C(CC=C)(Cc1ccccc1)c1ccccc1. The molecule has 2 nitrogen and oxygen atoms in total. The van der Waals surface area contributed by atoms with Gasteiger partial charge in [-0.25, -0.2) is 0 Å². The second kappa shape index (κ2) is 8.14. The van der Waals surface area contributed by atoms with Crippen LogP contribution in [0.5, 0.6) is 0 Å². The number of carbonyl (C=O) groups is 1. The molecule has 0 radical (unpaired) electrons. The lowest BCUT2D eigenvalue weighted by Crippen LogP contribution is -2.39. The third-order valence-electron chi connectivity index (χ3n) is 3.89. The van der Waals surface area contributed by atoms with Crippen LogP contribution in [0.1, 0.15) is 17.5 Å². The molecule has 118 valence electrons. The van der Waals surface area contributed by atoms with Crippen LogP contribution >= 0.6 is 0 Å². The summed E-state index contributed by atoms with van der Waals surface area (Å²) in [6.45, 7) is 7.68. The van der Waals surface area contributed by atoms with Gasteiger partial charge >= 0.3 is 5.97 Å². The van der Waals surface area contributed by atoms with Crippen molar-refractivity contribution in [2.45, 2.75) is 18.3 Å². The number of allylic oxidation sites excluding steroid dienone is 1. The predicted molar refractivity (Wildman–Crippen MR) is 94.2 cm³/mol. The standard InChI is InChI=1S/C21H22O2/c1-3-15-21(20(22)23-16-4-2,19-13-9-6-10-14-19)17-18-11-7-5-8-12-18/h3-14H,1-2,15-17H2. The van der Waals surface area contributed by atoms with Gasteiger partial charge in [0.1, 0.15) is 12.0 Å². The molecule has 2 heteroatoms. The van der Waals surface area contributed by atoms with E-state index in [9.17, 15) is 4.79 Å². The Labute approximate surface area is 138 Å². The maximum absolute atomic E-state index is 12.9. The smallest absolute Gasteiger partial charge is 0.317 e. The van der Waals surface area contributed by atoms with E-state index in [4.69, 9.17) is 4.74 Å². The van der Waals surface area contributed by atoms with E-state index in [2.05, 4.69) is 13.2 Å². The number of hydrogen-bond donors (Lipinski definition) is 0. The molecule has 2 rings (SSSR count). The molecule has 0 fully saturated rings. The summed E-state index contributed by atoms with van der Waals surface area (Å²) >= 11 is 0. The predicted octanol–water partition coefficient (Wildman–Crippen LogP) is 4.47. The molecule has 0 aliphatic carbocycles. The molecular weight excluding hydrogens is 284 g/mol. The van der Waals surface area contributed by atoms with Crippen LogP contribution in [0, 0.1) is 0 Å². The monoisotopic (exact) mass is 306 g/mol. The Kier molecular flexibility index (Phi) is 5.93. The van der Waals surface area contributed by atoms with Crippen LogP contribution in [0.3, 0.4) is 0 Å². The number of rotatable bonds is 8. The average molecular weight is 306 g/mol. The average Bonchev–Trinajstić information content (AvgIpc) is 2.61. The van der Waals surface area contributed by atoms with E-state index < -0.39 is 5.41 Å². The summed E-state index contributed by atoms with van der Waals surface area (Å²) in [7, 11) is 0. The van der Waals surface area contributed by atoms with Crippen molar-refractivity contribution >= 4 is 5.97 Å². The number of esters is 1. The minimum absolute atomic E-state index is 0.208. The van der Waals surface area contributed by atoms with Gasteiger partial charge in [0.2, 0.25) is 0 Å². The lowest BCUT2D eigenvalue weighted by atomic mass is 9.73. The fourth-order valence-electron chi connectivity index (χ4n) is 2.79. The van der Waals surface area contributed by atoms with Crippen LogP contribution in [-0.2, 0) is 21.4 Å². The Morgan fingerprint density at radius 2 is 1.57 bits per heavy atom. The van der Waals surface area contributed by atoms with Gasteiger partial charge in [0.05, 0.1) is 0 Å². The van der Waals surface area contributed by atoms with Gasteiger partial charge in [-0.1, -0.05) is 79.4 Å². The molecule has 0 bridgehead atoms. The van der Waals surface area contributed by atoms with Gasteiger partial charge < -0.3 is 4.74 Å². The van der Waals surface area contributed by atoms with Crippen molar-refractivity contribution in [3.8, 4) is 0 Å². The zero-order valence-corrected chi connectivity index (χ0v) is 13.3. The van der Waals surface area contributed by atoms with Gasteiger partial charge in [-0.15, -0.1) is 6.58 Å². The van der Waals surface area contributed by atoms with Crippen molar-refractivity contribution in [2.75, 3.05) is 6.61 Å². The Bertz CT molecular complexity index is 646. The van der Waals surface area contributed by atoms with Crippen molar-refractivity contribution < 1.29 is 9.53 Å². The first-order valence-corrected chi connectivity index (χ1v) is 7.71. The molecule has 23 heavy (non-hydrogen) atoms. The molecule has 0 aromatic heterocycles. The largest absolute Gasteiger partial charge is 0.461 e. The van der Waals surface area contributed by atoms with Crippen LogP contribution in [0.2, 0.25) is 0 Å². The molecule has 2 aromatic carbocycles. The maximum Gasteiger partial charge on any atom is 0.317 e. The zero-order valence-electron chi connectivity index (χ0n) is 13.3. The Hall–Kier alpha value is -2.61. The summed E-state index contributed by atoms with van der Waals surface area (Å²) in [6, 6.07) is 19.8. The first-order valence-electron chi connectivity index (χ1n) is 7.71. The van der Waals surface area contributed by atoms with Crippen molar-refractivity contribution in [1.82, 2.24) is 0 Å². The summed E-state index contributed by atoms with van der Waals surface area (Å²) in [5.41, 5.74) is 1.26. The maximum atomic E-state index is 12.9. The lowest BCUT2D eigenvalue weighted by Gasteiger charge is -2.31. The molecule has 2 aromatic rings. The van der Waals surface area contributed by atoms with E-state index in [1.54, 1.807) is 12.2 Å². The second-order valence-electron chi connectivity index (χ2n) is 5.49. The number of carbonyl (C=O) groups excluding carboxylic acids is 1. The van der Waals surface area contributed by atoms with Gasteiger partial charge in [0, 0.05) is 0 Å². The van der Waals surface area contributed by atoms with Crippen LogP contribution in [0.4, 0.5) is 0 Å². The highest BCUT2D eigenvalue weighted by Crippen LogP contribution is 2.34. The number of benzene rings is 2. The zero-order chi connectivity index (χ0) is 16.5. The third-order valence-corrected chi connectivity index (χ3v) is 3.89. The van der Waals surface area contributed by atoms with Crippen molar-refractivity contribution in [3.63, 3.8) is 0 Å². The topological polar surface area (TPSA) is 26.3 Å². The van der Waals surface area contributed by atoms with E-state index in [0.29, 0.717) is 12.8 Å². The van der Waals surface area contributed by atoms with Crippen molar-refractivity contribution in [3.05, 3.63) is 97.1 Å². The molecule has 0 aliphatic rings. The van der Waals surface area contributed by atoms with Gasteiger partial charge in [0.15, 0.2) is 0 Å². The summed E-state index contributed by atoms with van der Waals surface area (Å²) < 4.78 is 5.43. The van der Waals surface area contributed by atoms with Gasteiger partial charge in [-0.05, 0) is 24.0 Å². The van der Waals surface area contributed by atoms with Gasteiger partial charge in [-0.3, -0.25) is 4.79 Å². The van der Waals surface area contributed by atoms with E-state index in [0.717, 1.165) is 11.1 Å². The molecule has 1 unspecified atom stereocenters. The number of ether oxygens (including phenoxy) is 1. The quantitative estimate of drug-likeness (QED) is 0.531. The molecular formula is C21H22O2. The lowest BCUT2D eigenvalue weighted by molar-refractivity contribution is -0.149. The third kappa shape index (κ3) is 3.98. The van der Waals surface area contributed by atoms with E-state index in [1.807, 2.05) is 60.7 Å². The Morgan fingerprint density at radius 1 is 0.957 bits per heavy atom. The van der Waals surface area contributed by atoms with Gasteiger partial charge in [0.25, 0.3) is 0 Å². The minimum atomic E-state index is -0.770. The number of hydrogen-bond acceptors (Lipinski definition) is 2. The molecule has 0 amide bonds. The second-order valence-corrected chi connectivity index (χ2v) is 5.49. The van der Waals surface area contributed by atoms with Crippen LogP contribution in [-0.4, -0.2) is 12.6 Å². The Morgan fingerprint density at radius 3 is 2.13 bits per heavy atom. The highest BCUT2D eigenvalue weighted by Gasteiger charge is 2.40. The normalized spacial score (nSPS) is 12.9. The highest BCUT2D eigenvalue weighted by molar-refractivity contribution is 5.84. The molecule has 0 heterocycles. The molecule has 1 atom stereocenters. The van der Waals surface area contributed by atoms with E-state index in [1.165, 1.54) is 0 Å². The molecule has 0 aliphatic heterocycles. The summed E-state index contributed by atoms with van der Waals surface area (Å²) in [6.07, 6.45) is 4.46. The fourth-order valence-corrected chi connectivity index (χ4v) is 2.79. The first-order chi connectivity index (χ1) is 11.2. The molecule has 0 N–H and O–H groups in total. The summed E-state index contributed by atoms with van der Waals surface area (Å²) in [4.78, 5) is 12.9. The molecule has 0 saturated heterocycles. The van der Waals surface area contributed by atoms with E-state index >= 15 is 0 Å². The summed E-state index contributed by atoms with van der Waals surface area (Å²) in [5, 5.41) is 0. The van der Waals surface area contributed by atoms with Crippen molar-refractivity contribution in [1.29, 1.82) is 0 Å². The minimum Gasteiger partial charge on any atom is -0.461 e. The van der Waals surface area contributed by atoms with Crippen LogP contribution in [0.15, 0.2) is 86.0 Å². The highest BCUT2D eigenvalue weighted by atomic mass is 16.5. The van der Waals surface area contributed by atoms with Crippen LogP contribution in [0.25, 0.3) is 0 Å². The Balaban J connectivity index is 2.47. The van der Waals surface area contributed by atoms with E-state index in [-0.39, 0.29) is 12.6 Å². The summed E-state index contributed by atoms with van der Waals surface area (Å²) in [5.74, 6) is -0.243. The van der Waals surface area contributed by atoms with Crippen LogP contribution < -0.4 is 0 Å². The fraction of sp³-hybridized carbons (Fsp3) is 0.190. The van der Waals surface area contributed by atoms with Gasteiger partial charge in [-0.2, -0.15) is 0 Å². The molecule has 0 saturated carbocycles.